The van der Waals surface area contributed by atoms with Gasteiger partial charge in [0.2, 0.25) is 0 Å². The fraction of sp³-hybridized carbons (Fsp3) is 0.778. The zero-order valence-electron chi connectivity index (χ0n) is 8.35. The van der Waals surface area contributed by atoms with E-state index in [0.29, 0.717) is 5.92 Å². The van der Waals surface area contributed by atoms with Gasteiger partial charge in [0, 0.05) is 12.5 Å². The second kappa shape index (κ2) is 4.06. The first-order valence-corrected chi connectivity index (χ1v) is 5.04. The van der Waals surface area contributed by atoms with Crippen molar-refractivity contribution < 1.29 is 5.11 Å². The minimum absolute atomic E-state index is 0.0700. The zero-order valence-corrected chi connectivity index (χ0v) is 8.35. The second-order valence-electron chi connectivity index (χ2n) is 3.82. The molecule has 0 aromatic carbocycles. The molecule has 14 heavy (non-hydrogen) atoms. The SMILES string of the molecule is CC(CO)n1cnnc1C1CCNC1. The Hall–Kier alpha value is -0.940. The first-order valence-electron chi connectivity index (χ1n) is 5.04. The van der Waals surface area contributed by atoms with Gasteiger partial charge in [-0.15, -0.1) is 10.2 Å². The van der Waals surface area contributed by atoms with Gasteiger partial charge >= 0.3 is 0 Å². The molecule has 5 nitrogen and oxygen atoms in total. The lowest BCUT2D eigenvalue weighted by Gasteiger charge is -2.15. The molecule has 0 spiro atoms. The predicted molar refractivity (Wildman–Crippen MR) is 52.0 cm³/mol. The molecule has 1 aromatic heterocycles. The lowest BCUT2D eigenvalue weighted by Crippen LogP contribution is -2.16. The number of aromatic nitrogens is 3. The molecule has 5 heteroatoms. The second-order valence-corrected chi connectivity index (χ2v) is 3.82. The molecule has 1 aliphatic heterocycles. The van der Waals surface area contributed by atoms with Crippen molar-refractivity contribution in [2.75, 3.05) is 19.7 Å². The fourth-order valence-electron chi connectivity index (χ4n) is 1.85. The van der Waals surface area contributed by atoms with Crippen LogP contribution in [0.2, 0.25) is 0 Å². The quantitative estimate of drug-likeness (QED) is 0.709. The van der Waals surface area contributed by atoms with E-state index in [9.17, 15) is 0 Å². The van der Waals surface area contributed by atoms with E-state index in [0.717, 1.165) is 25.3 Å². The van der Waals surface area contributed by atoms with Gasteiger partial charge in [-0.2, -0.15) is 0 Å². The Balaban J connectivity index is 2.19. The van der Waals surface area contributed by atoms with Gasteiger partial charge in [-0.1, -0.05) is 0 Å². The van der Waals surface area contributed by atoms with Crippen LogP contribution in [0.25, 0.3) is 0 Å². The van der Waals surface area contributed by atoms with Gasteiger partial charge in [0.25, 0.3) is 0 Å². The zero-order chi connectivity index (χ0) is 9.97. The summed E-state index contributed by atoms with van der Waals surface area (Å²) in [6.07, 6.45) is 2.81. The topological polar surface area (TPSA) is 63.0 Å². The number of nitrogens with zero attached hydrogens (tertiary/aromatic N) is 3. The third kappa shape index (κ3) is 1.65. The Morgan fingerprint density at radius 2 is 2.64 bits per heavy atom. The molecular formula is C9H16N4O. The van der Waals surface area contributed by atoms with Gasteiger partial charge in [0.1, 0.15) is 12.2 Å². The average Bonchev–Trinajstić information content (AvgIpc) is 2.85. The highest BCUT2D eigenvalue weighted by Gasteiger charge is 2.23. The van der Waals surface area contributed by atoms with Crippen molar-refractivity contribution in [1.82, 2.24) is 20.1 Å². The standard InChI is InChI=1S/C9H16N4O/c1-7(5-14)13-6-11-12-9(13)8-2-3-10-4-8/h6-8,10,14H,2-5H2,1H3. The molecule has 78 valence electrons. The van der Waals surface area contributed by atoms with Gasteiger partial charge in [0.15, 0.2) is 0 Å². The van der Waals surface area contributed by atoms with E-state index in [-0.39, 0.29) is 12.6 Å². The molecular weight excluding hydrogens is 180 g/mol. The summed E-state index contributed by atoms with van der Waals surface area (Å²) in [4.78, 5) is 0. The van der Waals surface area contributed by atoms with Crippen molar-refractivity contribution in [3.63, 3.8) is 0 Å². The molecule has 0 saturated carbocycles. The summed E-state index contributed by atoms with van der Waals surface area (Å²) in [5.74, 6) is 1.45. The molecule has 2 heterocycles. The van der Waals surface area contributed by atoms with E-state index in [2.05, 4.69) is 15.5 Å². The first-order chi connectivity index (χ1) is 6.83. The molecule has 2 atom stereocenters. The van der Waals surface area contributed by atoms with Crippen LogP contribution in [-0.4, -0.2) is 39.6 Å². The number of nitrogens with one attached hydrogen (secondary N) is 1. The normalized spacial score (nSPS) is 24.0. The van der Waals surface area contributed by atoms with Crippen molar-refractivity contribution in [1.29, 1.82) is 0 Å². The van der Waals surface area contributed by atoms with Gasteiger partial charge in [0.05, 0.1) is 12.6 Å². The van der Waals surface area contributed by atoms with Gasteiger partial charge in [-0.3, -0.25) is 0 Å². The van der Waals surface area contributed by atoms with Crippen LogP contribution in [0.1, 0.15) is 31.1 Å². The molecule has 1 aromatic rings. The Labute approximate surface area is 83.2 Å². The smallest absolute Gasteiger partial charge is 0.137 e. The van der Waals surface area contributed by atoms with E-state index in [1.54, 1.807) is 6.33 Å². The van der Waals surface area contributed by atoms with Crippen molar-refractivity contribution in [3.8, 4) is 0 Å². The Morgan fingerprint density at radius 1 is 1.79 bits per heavy atom. The summed E-state index contributed by atoms with van der Waals surface area (Å²) in [5.41, 5.74) is 0. The molecule has 0 aliphatic carbocycles. The van der Waals surface area contributed by atoms with Crippen LogP contribution in [0.3, 0.4) is 0 Å². The number of hydrogen-bond donors (Lipinski definition) is 2. The van der Waals surface area contributed by atoms with Crippen molar-refractivity contribution in [3.05, 3.63) is 12.2 Å². The Bertz CT molecular complexity index is 293. The lowest BCUT2D eigenvalue weighted by molar-refractivity contribution is 0.235. The van der Waals surface area contributed by atoms with E-state index in [4.69, 9.17) is 5.11 Å². The van der Waals surface area contributed by atoms with Crippen molar-refractivity contribution >= 4 is 0 Å². The van der Waals surface area contributed by atoms with Crippen LogP contribution >= 0.6 is 0 Å². The monoisotopic (exact) mass is 196 g/mol. The number of aliphatic hydroxyl groups excluding tert-OH is 1. The molecule has 1 aliphatic rings. The molecule has 2 N–H and O–H groups in total. The van der Waals surface area contributed by atoms with E-state index in [1.807, 2.05) is 11.5 Å². The van der Waals surface area contributed by atoms with Gasteiger partial charge in [-0.05, 0) is 19.9 Å². The molecule has 1 fully saturated rings. The van der Waals surface area contributed by atoms with Crippen LogP contribution in [0, 0.1) is 0 Å². The van der Waals surface area contributed by atoms with E-state index >= 15 is 0 Å². The maximum absolute atomic E-state index is 9.08. The van der Waals surface area contributed by atoms with Crippen molar-refractivity contribution in [2.24, 2.45) is 0 Å². The molecule has 0 amide bonds. The lowest BCUT2D eigenvalue weighted by atomic mass is 10.1. The summed E-state index contributed by atoms with van der Waals surface area (Å²) in [7, 11) is 0. The van der Waals surface area contributed by atoms with Crippen LogP contribution in [0.5, 0.6) is 0 Å². The average molecular weight is 196 g/mol. The number of rotatable bonds is 3. The highest BCUT2D eigenvalue weighted by Crippen LogP contribution is 2.22. The van der Waals surface area contributed by atoms with Gasteiger partial charge in [-0.25, -0.2) is 0 Å². The minimum Gasteiger partial charge on any atom is -0.394 e. The van der Waals surface area contributed by atoms with Crippen molar-refractivity contribution in [2.45, 2.75) is 25.3 Å². The highest BCUT2D eigenvalue weighted by molar-refractivity contribution is 5.01. The Morgan fingerprint density at radius 3 is 3.29 bits per heavy atom. The molecule has 0 radical (unpaired) electrons. The fourth-order valence-corrected chi connectivity index (χ4v) is 1.85. The summed E-state index contributed by atoms with van der Waals surface area (Å²) in [5, 5.41) is 20.4. The third-order valence-electron chi connectivity index (χ3n) is 2.77. The number of aliphatic hydroxyl groups is 1. The summed E-state index contributed by atoms with van der Waals surface area (Å²) < 4.78 is 1.97. The Kier molecular flexibility index (Phi) is 2.79. The van der Waals surface area contributed by atoms with Crippen LogP contribution in [-0.2, 0) is 0 Å². The third-order valence-corrected chi connectivity index (χ3v) is 2.77. The van der Waals surface area contributed by atoms with Crippen LogP contribution in [0.4, 0.5) is 0 Å². The maximum atomic E-state index is 9.08. The molecule has 0 bridgehead atoms. The van der Waals surface area contributed by atoms with E-state index < -0.39 is 0 Å². The predicted octanol–water partition coefficient (Wildman–Crippen LogP) is -0.0917. The minimum atomic E-state index is 0.0700. The summed E-state index contributed by atoms with van der Waals surface area (Å²) in [6.45, 7) is 4.11. The summed E-state index contributed by atoms with van der Waals surface area (Å²) >= 11 is 0. The summed E-state index contributed by atoms with van der Waals surface area (Å²) in [6, 6.07) is 0.0700. The van der Waals surface area contributed by atoms with Crippen LogP contribution in [0.15, 0.2) is 6.33 Å². The first kappa shape index (κ1) is 9.61. The number of hydrogen-bond acceptors (Lipinski definition) is 4. The van der Waals surface area contributed by atoms with E-state index in [1.165, 1.54) is 0 Å². The molecule has 2 unspecified atom stereocenters. The molecule has 1 saturated heterocycles. The van der Waals surface area contributed by atoms with Gasteiger partial charge < -0.3 is 15.0 Å². The molecule has 2 rings (SSSR count). The van der Waals surface area contributed by atoms with Crippen LogP contribution < -0.4 is 5.32 Å². The maximum Gasteiger partial charge on any atom is 0.137 e. The largest absolute Gasteiger partial charge is 0.394 e. The highest BCUT2D eigenvalue weighted by atomic mass is 16.3.